The zero-order valence-corrected chi connectivity index (χ0v) is 23.4. The van der Waals surface area contributed by atoms with Crippen molar-refractivity contribution in [3.63, 3.8) is 0 Å². The van der Waals surface area contributed by atoms with Crippen LogP contribution in [0.2, 0.25) is 0 Å². The number of carbonyl (C=O) groups excluding carboxylic acids is 3. The molecule has 2 aromatic carbocycles. The maximum Gasteiger partial charge on any atom is 0.326 e. The van der Waals surface area contributed by atoms with Gasteiger partial charge in [0.1, 0.15) is 18.1 Å². The van der Waals surface area contributed by atoms with Gasteiger partial charge >= 0.3 is 5.97 Å². The predicted molar refractivity (Wildman–Crippen MR) is 159 cm³/mol. The number of carbonyl (C=O) groups is 4. The molecule has 4 unspecified atom stereocenters. The molecular formula is C29H38N8O5. The Labute approximate surface area is 243 Å². The van der Waals surface area contributed by atoms with E-state index in [0.717, 1.165) is 22.0 Å². The van der Waals surface area contributed by atoms with Gasteiger partial charge in [0, 0.05) is 36.5 Å². The number of nitrogens with one attached hydrogen (secondary N) is 4. The van der Waals surface area contributed by atoms with Crippen LogP contribution in [0.1, 0.15) is 30.9 Å². The number of H-pyrrole nitrogens is 1. The molecule has 0 aliphatic heterocycles. The van der Waals surface area contributed by atoms with Gasteiger partial charge in [0.2, 0.25) is 17.7 Å². The Kier molecular flexibility index (Phi) is 11.4. The summed E-state index contributed by atoms with van der Waals surface area (Å²) in [5.74, 6) is -3.20. The number of carboxylic acid groups (broad SMARTS) is 1. The van der Waals surface area contributed by atoms with Crippen LogP contribution in [0, 0.1) is 0 Å². The third-order valence-electron chi connectivity index (χ3n) is 6.62. The number of fused-ring (bicyclic) bond motifs is 1. The molecule has 0 saturated heterocycles. The van der Waals surface area contributed by atoms with Crippen molar-refractivity contribution >= 4 is 40.6 Å². The van der Waals surface area contributed by atoms with E-state index < -0.39 is 47.9 Å². The van der Waals surface area contributed by atoms with Gasteiger partial charge in [0.05, 0.1) is 6.04 Å². The summed E-state index contributed by atoms with van der Waals surface area (Å²) in [5, 5.41) is 18.5. The normalized spacial score (nSPS) is 13.8. The lowest BCUT2D eigenvalue weighted by atomic mass is 10.0. The second-order valence-electron chi connectivity index (χ2n) is 10.0. The summed E-state index contributed by atoms with van der Waals surface area (Å²) in [6.07, 6.45) is 2.31. The average Bonchev–Trinajstić information content (AvgIpc) is 3.36. The third-order valence-corrected chi connectivity index (χ3v) is 6.62. The highest BCUT2D eigenvalue weighted by Gasteiger charge is 2.30. The summed E-state index contributed by atoms with van der Waals surface area (Å²) in [4.78, 5) is 58.5. The second-order valence-corrected chi connectivity index (χ2v) is 10.0. The number of carboxylic acids is 1. The Morgan fingerprint density at radius 3 is 2.10 bits per heavy atom. The van der Waals surface area contributed by atoms with Crippen molar-refractivity contribution in [2.75, 3.05) is 6.54 Å². The van der Waals surface area contributed by atoms with Crippen molar-refractivity contribution in [2.24, 2.45) is 22.2 Å². The van der Waals surface area contributed by atoms with Crippen molar-refractivity contribution in [2.45, 2.75) is 56.8 Å². The van der Waals surface area contributed by atoms with Gasteiger partial charge in [0.15, 0.2) is 5.96 Å². The third kappa shape index (κ3) is 9.34. The molecule has 0 saturated carbocycles. The van der Waals surface area contributed by atoms with Gasteiger partial charge in [-0.05, 0) is 37.0 Å². The molecule has 0 bridgehead atoms. The molecule has 3 aromatic rings. The maximum absolute atomic E-state index is 13.6. The number of guanidine groups is 1. The summed E-state index contributed by atoms with van der Waals surface area (Å²) in [6, 6.07) is 12.2. The number of nitrogens with zero attached hydrogens (tertiary/aromatic N) is 1. The molecule has 224 valence electrons. The number of amides is 3. The monoisotopic (exact) mass is 578 g/mol. The lowest BCUT2D eigenvalue weighted by Crippen LogP contribution is -2.58. The van der Waals surface area contributed by atoms with E-state index in [4.69, 9.17) is 17.2 Å². The standard InChI is InChI=1S/C29H38N8O5/c1-17(30)25(38)36-23(14-18-8-3-2-4-9-18)26(39)37-24(15-19-16-34-21-11-6-5-10-20(19)21)27(40)35-22(28(41)42)12-7-13-33-29(31)32/h2-6,8-11,16-17,22-24,34H,7,12-15,30H2,1H3,(H,35,40)(H,36,38)(H,37,39)(H,41,42)(H4,31,32,33). The fraction of sp³-hybridized carbons (Fsp3) is 0.345. The number of aromatic amines is 1. The summed E-state index contributed by atoms with van der Waals surface area (Å²) in [5.41, 5.74) is 18.7. The first-order chi connectivity index (χ1) is 20.0. The highest BCUT2D eigenvalue weighted by Crippen LogP contribution is 2.19. The van der Waals surface area contributed by atoms with Gasteiger partial charge in [0.25, 0.3) is 0 Å². The van der Waals surface area contributed by atoms with E-state index >= 15 is 0 Å². The predicted octanol–water partition coefficient (Wildman–Crippen LogP) is -0.107. The number of para-hydroxylation sites is 1. The second kappa shape index (κ2) is 15.2. The molecule has 11 N–H and O–H groups in total. The molecule has 4 atom stereocenters. The minimum atomic E-state index is -1.24. The molecule has 0 fully saturated rings. The molecule has 3 rings (SSSR count). The highest BCUT2D eigenvalue weighted by molar-refractivity contribution is 5.95. The smallest absolute Gasteiger partial charge is 0.326 e. The molecule has 1 aromatic heterocycles. The van der Waals surface area contributed by atoms with E-state index in [2.05, 4.69) is 25.9 Å². The Hall–Kier alpha value is -4.91. The van der Waals surface area contributed by atoms with Crippen LogP contribution in [0.4, 0.5) is 0 Å². The van der Waals surface area contributed by atoms with Gasteiger partial charge in [-0.3, -0.25) is 19.4 Å². The largest absolute Gasteiger partial charge is 0.480 e. The Morgan fingerprint density at radius 1 is 0.857 bits per heavy atom. The number of hydrogen-bond donors (Lipinski definition) is 8. The molecule has 0 aliphatic rings. The van der Waals surface area contributed by atoms with Crippen molar-refractivity contribution in [1.82, 2.24) is 20.9 Å². The van der Waals surface area contributed by atoms with Crippen LogP contribution in [-0.2, 0) is 32.0 Å². The zero-order chi connectivity index (χ0) is 30.6. The van der Waals surface area contributed by atoms with Crippen LogP contribution in [0.15, 0.2) is 65.8 Å². The van der Waals surface area contributed by atoms with Crippen LogP contribution in [0.3, 0.4) is 0 Å². The van der Waals surface area contributed by atoms with Crippen LogP contribution in [0.25, 0.3) is 10.9 Å². The highest BCUT2D eigenvalue weighted by atomic mass is 16.4. The molecule has 1 heterocycles. The molecule has 0 radical (unpaired) electrons. The van der Waals surface area contributed by atoms with Gasteiger partial charge in [-0.25, -0.2) is 4.79 Å². The molecule has 42 heavy (non-hydrogen) atoms. The van der Waals surface area contributed by atoms with E-state index in [1.165, 1.54) is 6.92 Å². The van der Waals surface area contributed by atoms with Crippen LogP contribution < -0.4 is 33.2 Å². The zero-order valence-electron chi connectivity index (χ0n) is 23.4. The maximum atomic E-state index is 13.6. The molecular weight excluding hydrogens is 540 g/mol. The fourth-order valence-corrected chi connectivity index (χ4v) is 4.40. The summed E-state index contributed by atoms with van der Waals surface area (Å²) >= 11 is 0. The molecule has 3 amide bonds. The fourth-order valence-electron chi connectivity index (χ4n) is 4.40. The summed E-state index contributed by atoms with van der Waals surface area (Å²) in [6.45, 7) is 1.69. The molecule has 0 spiro atoms. The van der Waals surface area contributed by atoms with Crippen molar-refractivity contribution in [1.29, 1.82) is 0 Å². The number of aliphatic imine (C=N–C) groups is 1. The minimum Gasteiger partial charge on any atom is -0.480 e. The van der Waals surface area contributed by atoms with E-state index in [0.29, 0.717) is 6.42 Å². The lowest BCUT2D eigenvalue weighted by molar-refractivity contribution is -0.142. The average molecular weight is 579 g/mol. The van der Waals surface area contributed by atoms with Gasteiger partial charge in [-0.15, -0.1) is 0 Å². The quantitative estimate of drug-likeness (QED) is 0.0687. The SMILES string of the molecule is CC(N)C(=O)NC(Cc1ccccc1)C(=O)NC(Cc1c[nH]c2ccccc12)C(=O)NC(CCCN=C(N)N)C(=O)O. The first-order valence-electron chi connectivity index (χ1n) is 13.6. The Bertz CT molecular complexity index is 1400. The van der Waals surface area contributed by atoms with Crippen molar-refractivity contribution < 1.29 is 24.3 Å². The van der Waals surface area contributed by atoms with Crippen LogP contribution >= 0.6 is 0 Å². The number of aliphatic carboxylic acids is 1. The number of rotatable bonds is 15. The van der Waals surface area contributed by atoms with Crippen molar-refractivity contribution in [3.8, 4) is 0 Å². The Balaban J connectivity index is 1.86. The first-order valence-corrected chi connectivity index (χ1v) is 13.6. The number of hydrogen-bond acceptors (Lipinski definition) is 6. The molecule has 13 nitrogen and oxygen atoms in total. The Morgan fingerprint density at radius 2 is 1.45 bits per heavy atom. The van der Waals surface area contributed by atoms with Crippen LogP contribution in [-0.4, -0.2) is 70.5 Å². The summed E-state index contributed by atoms with van der Waals surface area (Å²) in [7, 11) is 0. The minimum absolute atomic E-state index is 0.0568. The van der Waals surface area contributed by atoms with Crippen molar-refractivity contribution in [3.05, 3.63) is 71.9 Å². The van der Waals surface area contributed by atoms with E-state index in [-0.39, 0.29) is 31.8 Å². The molecule has 0 aliphatic carbocycles. The number of nitrogens with two attached hydrogens (primary N) is 3. The van der Waals surface area contributed by atoms with Crippen LogP contribution in [0.5, 0.6) is 0 Å². The first kappa shape index (κ1) is 31.6. The van der Waals surface area contributed by atoms with Gasteiger partial charge < -0.3 is 43.2 Å². The molecule has 13 heteroatoms. The topological polar surface area (TPSA) is 231 Å². The summed E-state index contributed by atoms with van der Waals surface area (Å²) < 4.78 is 0. The van der Waals surface area contributed by atoms with Gasteiger partial charge in [-0.2, -0.15) is 0 Å². The lowest BCUT2D eigenvalue weighted by Gasteiger charge is -2.25. The number of benzene rings is 2. The van der Waals surface area contributed by atoms with E-state index in [1.54, 1.807) is 6.20 Å². The van der Waals surface area contributed by atoms with E-state index in [1.807, 2.05) is 54.6 Å². The van der Waals surface area contributed by atoms with Gasteiger partial charge in [-0.1, -0.05) is 48.5 Å². The van der Waals surface area contributed by atoms with E-state index in [9.17, 15) is 24.3 Å². The number of aromatic nitrogens is 1.